The van der Waals surface area contributed by atoms with Crippen LogP contribution in [-0.2, 0) is 6.42 Å². The molecule has 1 aromatic carbocycles. The van der Waals surface area contributed by atoms with Crippen LogP contribution in [0.4, 0.5) is 0 Å². The molecule has 2 aliphatic heterocycles. The molecular weight excluding hydrogens is 344 g/mol. The SMILES string of the molecule is CSc1cc2nc3c(c-2c2ccccc2n1)CCC=C3Br. The Bertz CT molecular complexity index is 857. The van der Waals surface area contributed by atoms with Gasteiger partial charge in [-0.3, -0.25) is 0 Å². The van der Waals surface area contributed by atoms with Crippen molar-refractivity contribution >= 4 is 43.1 Å². The van der Waals surface area contributed by atoms with Gasteiger partial charge in [0.15, 0.2) is 0 Å². The van der Waals surface area contributed by atoms with E-state index in [-0.39, 0.29) is 0 Å². The summed E-state index contributed by atoms with van der Waals surface area (Å²) in [6.07, 6.45) is 6.37. The van der Waals surface area contributed by atoms with Crippen molar-refractivity contribution in [3.8, 4) is 11.3 Å². The molecule has 0 saturated carbocycles. The van der Waals surface area contributed by atoms with Gasteiger partial charge in [-0.05, 0) is 52.7 Å². The minimum atomic E-state index is 1.01. The number of hydrogen-bond donors (Lipinski definition) is 0. The van der Waals surface area contributed by atoms with Crippen molar-refractivity contribution in [2.75, 3.05) is 6.26 Å². The first-order valence-electron chi connectivity index (χ1n) is 6.90. The lowest BCUT2D eigenvalue weighted by molar-refractivity contribution is 0.987. The number of benzene rings is 1. The zero-order valence-corrected chi connectivity index (χ0v) is 14.0. The Kier molecular flexibility index (Phi) is 3.23. The molecule has 1 aliphatic carbocycles. The van der Waals surface area contributed by atoms with Crippen LogP contribution in [0.2, 0.25) is 0 Å². The van der Waals surface area contributed by atoms with Crippen LogP contribution in [0.5, 0.6) is 0 Å². The van der Waals surface area contributed by atoms with Crippen molar-refractivity contribution in [3.63, 3.8) is 0 Å². The molecule has 4 heteroatoms. The van der Waals surface area contributed by atoms with Crippen LogP contribution >= 0.6 is 27.7 Å². The fraction of sp³-hybridized carbons (Fsp3) is 0.176. The zero-order chi connectivity index (χ0) is 14.4. The molecule has 0 atom stereocenters. The number of hydrogen-bond acceptors (Lipinski definition) is 3. The van der Waals surface area contributed by atoms with E-state index < -0.39 is 0 Å². The largest absolute Gasteiger partial charge is 0.247 e. The first kappa shape index (κ1) is 13.3. The van der Waals surface area contributed by atoms with Crippen LogP contribution in [-0.4, -0.2) is 16.2 Å². The summed E-state index contributed by atoms with van der Waals surface area (Å²) >= 11 is 5.32. The molecule has 0 aromatic heterocycles. The molecule has 4 rings (SSSR count). The maximum Gasteiger partial charge on any atom is 0.0986 e. The Morgan fingerprint density at radius 3 is 2.90 bits per heavy atom. The standard InChI is InChI=1S/C17H13BrN2S/c1-21-15-9-14-16(10-5-2-3-8-13(10)19-15)11-6-4-7-12(18)17(11)20-14/h2-3,5,7-9H,4,6H2,1H3. The van der Waals surface area contributed by atoms with Gasteiger partial charge in [-0.1, -0.05) is 24.3 Å². The average Bonchev–Trinajstić information content (AvgIpc) is 2.78. The summed E-state index contributed by atoms with van der Waals surface area (Å²) < 4.78 is 1.12. The molecule has 0 N–H and O–H groups in total. The van der Waals surface area contributed by atoms with Crippen LogP contribution < -0.4 is 0 Å². The van der Waals surface area contributed by atoms with Crippen LogP contribution in [0.3, 0.4) is 0 Å². The summed E-state index contributed by atoms with van der Waals surface area (Å²) in [5.74, 6) is 0. The average molecular weight is 357 g/mol. The molecular formula is C17H13BrN2S. The van der Waals surface area contributed by atoms with Crippen molar-refractivity contribution < 1.29 is 0 Å². The van der Waals surface area contributed by atoms with Gasteiger partial charge in [0, 0.05) is 15.4 Å². The summed E-state index contributed by atoms with van der Waals surface area (Å²) in [6.45, 7) is 0. The van der Waals surface area contributed by atoms with E-state index in [0.29, 0.717) is 0 Å². The zero-order valence-electron chi connectivity index (χ0n) is 11.6. The lowest BCUT2D eigenvalue weighted by Gasteiger charge is -2.09. The van der Waals surface area contributed by atoms with Gasteiger partial charge in [0.25, 0.3) is 0 Å². The van der Waals surface area contributed by atoms with Gasteiger partial charge in [0.2, 0.25) is 0 Å². The molecule has 3 aliphatic rings. The minimum Gasteiger partial charge on any atom is -0.247 e. The number of aromatic nitrogens is 2. The molecule has 21 heavy (non-hydrogen) atoms. The quantitative estimate of drug-likeness (QED) is 0.564. The van der Waals surface area contributed by atoms with Crippen molar-refractivity contribution in [3.05, 3.63) is 47.7 Å². The Balaban J connectivity index is 2.18. The maximum atomic E-state index is 4.86. The fourth-order valence-electron chi connectivity index (χ4n) is 2.96. The van der Waals surface area contributed by atoms with Crippen LogP contribution in [0.1, 0.15) is 17.7 Å². The Morgan fingerprint density at radius 2 is 2.05 bits per heavy atom. The third-order valence-corrected chi connectivity index (χ3v) is 5.22. The topological polar surface area (TPSA) is 25.8 Å². The summed E-state index contributed by atoms with van der Waals surface area (Å²) in [5.41, 5.74) is 5.79. The maximum absolute atomic E-state index is 4.86. The molecule has 0 radical (unpaired) electrons. The second-order valence-electron chi connectivity index (χ2n) is 5.11. The van der Waals surface area contributed by atoms with Gasteiger partial charge in [0.05, 0.1) is 21.9 Å². The highest BCUT2D eigenvalue weighted by atomic mass is 79.9. The second kappa shape index (κ2) is 5.11. The molecule has 0 fully saturated rings. The first-order valence-corrected chi connectivity index (χ1v) is 8.92. The van der Waals surface area contributed by atoms with E-state index in [4.69, 9.17) is 9.97 Å². The monoisotopic (exact) mass is 356 g/mol. The number of thioether (sulfide) groups is 1. The molecule has 0 spiro atoms. The predicted octanol–water partition coefficient (Wildman–Crippen LogP) is 5.14. The molecule has 0 saturated heterocycles. The molecule has 104 valence electrons. The van der Waals surface area contributed by atoms with Crippen LogP contribution in [0, 0.1) is 0 Å². The van der Waals surface area contributed by atoms with E-state index >= 15 is 0 Å². The van der Waals surface area contributed by atoms with Crippen LogP contribution in [0.15, 0.2) is 41.4 Å². The minimum absolute atomic E-state index is 1.01. The van der Waals surface area contributed by atoms with E-state index in [1.165, 1.54) is 16.5 Å². The summed E-state index contributed by atoms with van der Waals surface area (Å²) in [6, 6.07) is 10.5. The van der Waals surface area contributed by atoms with Gasteiger partial charge < -0.3 is 0 Å². The summed E-state index contributed by atoms with van der Waals surface area (Å²) in [7, 11) is 0. The Labute approximate surface area is 136 Å². The second-order valence-corrected chi connectivity index (χ2v) is 6.79. The number of para-hydroxylation sites is 1. The highest BCUT2D eigenvalue weighted by molar-refractivity contribution is 9.15. The summed E-state index contributed by atoms with van der Waals surface area (Å²) in [5, 5.41) is 2.21. The van der Waals surface area contributed by atoms with E-state index in [2.05, 4.69) is 52.5 Å². The molecule has 2 nitrogen and oxygen atoms in total. The third kappa shape index (κ3) is 2.09. The van der Waals surface area contributed by atoms with Gasteiger partial charge in [-0.15, -0.1) is 11.8 Å². The molecule has 0 unspecified atom stereocenters. The molecule has 2 heterocycles. The number of fused-ring (bicyclic) bond motifs is 5. The normalized spacial score (nSPS) is 14.3. The van der Waals surface area contributed by atoms with Crippen LogP contribution in [0.25, 0.3) is 26.6 Å². The van der Waals surface area contributed by atoms with Gasteiger partial charge in [-0.2, -0.15) is 0 Å². The van der Waals surface area contributed by atoms with Crippen molar-refractivity contribution in [1.82, 2.24) is 9.97 Å². The van der Waals surface area contributed by atoms with E-state index in [9.17, 15) is 0 Å². The van der Waals surface area contributed by atoms with E-state index in [1.54, 1.807) is 11.8 Å². The molecule has 0 bridgehead atoms. The van der Waals surface area contributed by atoms with Crippen molar-refractivity contribution in [2.45, 2.75) is 17.9 Å². The van der Waals surface area contributed by atoms with Crippen molar-refractivity contribution in [2.24, 2.45) is 0 Å². The summed E-state index contributed by atoms with van der Waals surface area (Å²) in [4.78, 5) is 9.63. The third-order valence-electron chi connectivity index (χ3n) is 3.89. The number of nitrogens with zero attached hydrogens (tertiary/aromatic N) is 2. The lowest BCUT2D eigenvalue weighted by Crippen LogP contribution is -1.94. The Morgan fingerprint density at radius 1 is 1.19 bits per heavy atom. The van der Waals surface area contributed by atoms with Gasteiger partial charge in [0.1, 0.15) is 0 Å². The predicted molar refractivity (Wildman–Crippen MR) is 93.2 cm³/mol. The highest BCUT2D eigenvalue weighted by Crippen LogP contribution is 2.41. The molecule has 0 amide bonds. The molecule has 1 aromatic rings. The van der Waals surface area contributed by atoms with Crippen molar-refractivity contribution in [1.29, 1.82) is 0 Å². The highest BCUT2D eigenvalue weighted by Gasteiger charge is 2.23. The van der Waals surface area contributed by atoms with Gasteiger partial charge in [-0.25, -0.2) is 9.97 Å². The van der Waals surface area contributed by atoms with E-state index in [1.807, 2.05) is 6.07 Å². The van der Waals surface area contributed by atoms with Gasteiger partial charge >= 0.3 is 0 Å². The van der Waals surface area contributed by atoms with E-state index in [0.717, 1.165) is 39.3 Å². The number of rotatable bonds is 1. The lowest BCUT2D eigenvalue weighted by atomic mass is 9.96. The Hall–Kier alpha value is -1.39. The number of halogens is 1. The first-order chi connectivity index (χ1) is 10.3. The fourth-order valence-corrected chi connectivity index (χ4v) is 3.93. The smallest absolute Gasteiger partial charge is 0.0986 e. The number of allylic oxidation sites excluding steroid dienone is 1.